The molecule has 0 heterocycles. The Morgan fingerprint density at radius 2 is 2.18 bits per heavy atom. The molecule has 1 unspecified atom stereocenters. The van der Waals surface area contributed by atoms with Crippen LogP contribution in [0, 0.1) is 16.0 Å². The Labute approximate surface area is 104 Å². The molecule has 0 bridgehead atoms. The van der Waals surface area contributed by atoms with Crippen LogP contribution >= 0.6 is 11.6 Å². The highest BCUT2D eigenvalue weighted by Gasteiger charge is 2.13. The third-order valence-electron chi connectivity index (χ3n) is 2.14. The van der Waals surface area contributed by atoms with Gasteiger partial charge in [-0.15, -0.1) is 11.6 Å². The van der Waals surface area contributed by atoms with Gasteiger partial charge in [0.05, 0.1) is 24.7 Å². The first-order valence-electron chi connectivity index (χ1n) is 5.09. The Kier molecular flexibility index (Phi) is 5.03. The van der Waals surface area contributed by atoms with E-state index in [1.165, 1.54) is 25.3 Å². The molecule has 1 aromatic carbocycles. The fraction of sp³-hybridized carbons (Fsp3) is 0.455. The SMILES string of the molecule is COc1ccc([N+](=O)[O-])cc1OCC(C)CCl. The van der Waals surface area contributed by atoms with Gasteiger partial charge >= 0.3 is 0 Å². The smallest absolute Gasteiger partial charge is 0.273 e. The van der Waals surface area contributed by atoms with Crippen LogP contribution in [-0.2, 0) is 0 Å². The predicted octanol–water partition coefficient (Wildman–Crippen LogP) is 2.86. The summed E-state index contributed by atoms with van der Waals surface area (Å²) in [5, 5.41) is 10.6. The van der Waals surface area contributed by atoms with Gasteiger partial charge in [-0.05, 0) is 6.07 Å². The summed E-state index contributed by atoms with van der Waals surface area (Å²) in [4.78, 5) is 10.2. The van der Waals surface area contributed by atoms with Crippen molar-refractivity contribution in [3.05, 3.63) is 28.3 Å². The van der Waals surface area contributed by atoms with Crippen molar-refractivity contribution in [2.75, 3.05) is 19.6 Å². The van der Waals surface area contributed by atoms with E-state index >= 15 is 0 Å². The van der Waals surface area contributed by atoms with Gasteiger partial charge in [0, 0.05) is 17.9 Å². The van der Waals surface area contributed by atoms with Gasteiger partial charge in [-0.25, -0.2) is 0 Å². The van der Waals surface area contributed by atoms with Gasteiger partial charge in [-0.2, -0.15) is 0 Å². The topological polar surface area (TPSA) is 61.6 Å². The molecule has 94 valence electrons. The number of alkyl halides is 1. The van der Waals surface area contributed by atoms with Crippen molar-refractivity contribution in [1.29, 1.82) is 0 Å². The number of nitro benzene ring substituents is 1. The molecule has 17 heavy (non-hydrogen) atoms. The zero-order chi connectivity index (χ0) is 12.8. The number of hydrogen-bond donors (Lipinski definition) is 0. The average molecular weight is 260 g/mol. The zero-order valence-corrected chi connectivity index (χ0v) is 10.4. The van der Waals surface area contributed by atoms with Crippen LogP contribution in [0.4, 0.5) is 5.69 Å². The third-order valence-corrected chi connectivity index (χ3v) is 2.67. The number of benzene rings is 1. The minimum Gasteiger partial charge on any atom is -0.493 e. The Balaban J connectivity index is 2.86. The molecule has 0 aliphatic rings. The number of rotatable bonds is 6. The molecule has 0 fully saturated rings. The molecule has 5 nitrogen and oxygen atoms in total. The molecule has 0 saturated heterocycles. The quantitative estimate of drug-likeness (QED) is 0.448. The third kappa shape index (κ3) is 3.78. The van der Waals surface area contributed by atoms with E-state index in [1.54, 1.807) is 0 Å². The van der Waals surface area contributed by atoms with E-state index in [-0.39, 0.29) is 11.6 Å². The van der Waals surface area contributed by atoms with Crippen LogP contribution < -0.4 is 9.47 Å². The molecule has 1 rings (SSSR count). The summed E-state index contributed by atoms with van der Waals surface area (Å²) in [5.74, 6) is 1.47. The highest BCUT2D eigenvalue weighted by atomic mass is 35.5. The second kappa shape index (κ2) is 6.30. The Bertz CT molecular complexity index is 397. The lowest BCUT2D eigenvalue weighted by atomic mass is 10.2. The van der Waals surface area contributed by atoms with Crippen molar-refractivity contribution in [3.8, 4) is 11.5 Å². The molecular weight excluding hydrogens is 246 g/mol. The van der Waals surface area contributed by atoms with Gasteiger partial charge in [0.2, 0.25) is 0 Å². The maximum absolute atomic E-state index is 10.6. The molecule has 6 heteroatoms. The fourth-order valence-electron chi connectivity index (χ4n) is 1.17. The maximum atomic E-state index is 10.6. The van der Waals surface area contributed by atoms with Gasteiger partial charge < -0.3 is 9.47 Å². The lowest BCUT2D eigenvalue weighted by Gasteiger charge is -2.12. The van der Waals surface area contributed by atoms with Crippen LogP contribution in [0.3, 0.4) is 0 Å². The van der Waals surface area contributed by atoms with E-state index in [9.17, 15) is 10.1 Å². The molecule has 0 aliphatic heterocycles. The standard InChI is InChI=1S/C11H14ClNO4/c1-8(6-12)7-17-11-5-9(13(14)15)3-4-10(11)16-2/h3-5,8H,6-7H2,1-2H3. The second-order valence-electron chi connectivity index (χ2n) is 3.66. The van der Waals surface area contributed by atoms with Gasteiger partial charge in [-0.3, -0.25) is 10.1 Å². The summed E-state index contributed by atoms with van der Waals surface area (Å²) in [6.07, 6.45) is 0. The van der Waals surface area contributed by atoms with Crippen LogP contribution in [0.25, 0.3) is 0 Å². The molecule has 0 aromatic heterocycles. The summed E-state index contributed by atoms with van der Waals surface area (Å²) in [6.45, 7) is 2.32. The zero-order valence-electron chi connectivity index (χ0n) is 9.68. The van der Waals surface area contributed by atoms with Gasteiger partial charge in [0.15, 0.2) is 11.5 Å². The van der Waals surface area contributed by atoms with Crippen molar-refractivity contribution >= 4 is 17.3 Å². The Morgan fingerprint density at radius 3 is 2.71 bits per heavy atom. The van der Waals surface area contributed by atoms with E-state index in [0.717, 1.165) is 0 Å². The molecule has 0 radical (unpaired) electrons. The van der Waals surface area contributed by atoms with Crippen molar-refractivity contribution in [2.24, 2.45) is 5.92 Å². The number of methoxy groups -OCH3 is 1. The lowest BCUT2D eigenvalue weighted by molar-refractivity contribution is -0.385. The molecule has 0 N–H and O–H groups in total. The number of nitro groups is 1. The molecule has 0 saturated carbocycles. The minimum atomic E-state index is -0.475. The first kappa shape index (κ1) is 13.6. The Morgan fingerprint density at radius 1 is 1.47 bits per heavy atom. The summed E-state index contributed by atoms with van der Waals surface area (Å²) in [6, 6.07) is 4.23. The van der Waals surface area contributed by atoms with Crippen molar-refractivity contribution in [2.45, 2.75) is 6.92 Å². The number of non-ortho nitro benzene ring substituents is 1. The minimum absolute atomic E-state index is 0.0284. The summed E-state index contributed by atoms with van der Waals surface area (Å²) < 4.78 is 10.5. The number of nitrogens with zero attached hydrogens (tertiary/aromatic N) is 1. The second-order valence-corrected chi connectivity index (χ2v) is 3.97. The van der Waals surface area contributed by atoms with Gasteiger partial charge in [-0.1, -0.05) is 6.92 Å². The van der Waals surface area contributed by atoms with E-state index in [0.29, 0.717) is 24.0 Å². The van der Waals surface area contributed by atoms with Crippen molar-refractivity contribution < 1.29 is 14.4 Å². The summed E-state index contributed by atoms with van der Waals surface area (Å²) in [7, 11) is 1.49. The van der Waals surface area contributed by atoms with Crippen LogP contribution in [0.1, 0.15) is 6.92 Å². The monoisotopic (exact) mass is 259 g/mol. The van der Waals surface area contributed by atoms with Crippen molar-refractivity contribution in [1.82, 2.24) is 0 Å². The molecule has 1 atom stereocenters. The van der Waals surface area contributed by atoms with E-state index < -0.39 is 4.92 Å². The van der Waals surface area contributed by atoms with Gasteiger partial charge in [0.25, 0.3) is 5.69 Å². The first-order valence-corrected chi connectivity index (χ1v) is 5.63. The fourth-order valence-corrected chi connectivity index (χ4v) is 1.26. The number of halogens is 1. The van der Waals surface area contributed by atoms with E-state index in [4.69, 9.17) is 21.1 Å². The Hall–Kier alpha value is -1.49. The van der Waals surface area contributed by atoms with Crippen LogP contribution in [0.5, 0.6) is 11.5 Å². The van der Waals surface area contributed by atoms with Crippen molar-refractivity contribution in [3.63, 3.8) is 0 Å². The number of ether oxygens (including phenoxy) is 2. The largest absolute Gasteiger partial charge is 0.493 e. The lowest BCUT2D eigenvalue weighted by Crippen LogP contribution is -2.10. The van der Waals surface area contributed by atoms with Crippen LogP contribution in [0.15, 0.2) is 18.2 Å². The summed E-state index contributed by atoms with van der Waals surface area (Å²) in [5.41, 5.74) is -0.0284. The molecule has 1 aromatic rings. The maximum Gasteiger partial charge on any atom is 0.273 e. The molecule has 0 aliphatic carbocycles. The van der Waals surface area contributed by atoms with Crippen LogP contribution in [-0.4, -0.2) is 24.5 Å². The average Bonchev–Trinajstić information content (AvgIpc) is 2.35. The van der Waals surface area contributed by atoms with E-state index in [2.05, 4.69) is 0 Å². The highest BCUT2D eigenvalue weighted by Crippen LogP contribution is 2.31. The van der Waals surface area contributed by atoms with E-state index in [1.807, 2.05) is 6.92 Å². The molecular formula is C11H14ClNO4. The molecule has 0 amide bonds. The van der Waals surface area contributed by atoms with Crippen LogP contribution in [0.2, 0.25) is 0 Å². The predicted molar refractivity (Wildman–Crippen MR) is 65.0 cm³/mol. The van der Waals surface area contributed by atoms with Gasteiger partial charge in [0.1, 0.15) is 0 Å². The number of hydrogen-bond acceptors (Lipinski definition) is 4. The summed E-state index contributed by atoms with van der Waals surface area (Å²) >= 11 is 5.65. The normalized spacial score (nSPS) is 11.9. The first-order chi connectivity index (χ1) is 8.08. The highest BCUT2D eigenvalue weighted by molar-refractivity contribution is 6.18. The molecule has 0 spiro atoms.